The number of carbonyl (C=O) groups is 3. The highest BCUT2D eigenvalue weighted by Gasteiger charge is 2.29. The molecule has 13 nitrogen and oxygen atoms in total. The summed E-state index contributed by atoms with van der Waals surface area (Å²) in [6, 6.07) is 24.0. The predicted molar refractivity (Wildman–Crippen MR) is 205 cm³/mol. The van der Waals surface area contributed by atoms with E-state index in [4.69, 9.17) is 9.47 Å². The topological polar surface area (TPSA) is 177 Å². The molecule has 1 atom stereocenters. The molecule has 0 saturated heterocycles. The minimum absolute atomic E-state index is 0.0361. The maximum absolute atomic E-state index is 14.0. The summed E-state index contributed by atoms with van der Waals surface area (Å²) < 4.78 is 34.4. The first-order valence-electron chi connectivity index (χ1n) is 17.1. The summed E-state index contributed by atoms with van der Waals surface area (Å²) >= 11 is -2.94. The van der Waals surface area contributed by atoms with Crippen LogP contribution in [0.5, 0.6) is 11.5 Å². The molecule has 4 aromatic rings. The average molecular weight is 743 g/mol. The molecule has 0 aromatic heterocycles. The Morgan fingerprint density at radius 3 is 2.36 bits per heavy atom. The molecule has 1 unspecified atom stereocenters. The van der Waals surface area contributed by atoms with Crippen LogP contribution in [0.1, 0.15) is 66.9 Å². The number of anilines is 3. The largest absolute Gasteiger partial charge is 0.466 e. The number of nitrogens with one attached hydrogen (secondary N) is 2. The molecule has 4 rings (SSSR count). The smallest absolute Gasteiger partial charge is 0.305 e. The summed E-state index contributed by atoms with van der Waals surface area (Å²) in [7, 11) is 0. The van der Waals surface area contributed by atoms with E-state index in [1.807, 2.05) is 31.2 Å². The van der Waals surface area contributed by atoms with Crippen molar-refractivity contribution in [2.24, 2.45) is 0 Å². The Morgan fingerprint density at radius 2 is 1.64 bits per heavy atom. The Labute approximate surface area is 310 Å². The van der Waals surface area contributed by atoms with Gasteiger partial charge in [-0.15, -0.1) is 0 Å². The Balaban J connectivity index is 1.51. The number of hydrogen-bond donors (Lipinski definition) is 3. The van der Waals surface area contributed by atoms with Gasteiger partial charge < -0.3 is 20.1 Å². The molecule has 0 aliphatic carbocycles. The van der Waals surface area contributed by atoms with E-state index in [0.29, 0.717) is 36.0 Å². The zero-order chi connectivity index (χ0) is 38.2. The number of hydrogen-bond acceptors (Lipinski definition) is 9. The normalized spacial score (nSPS) is 11.5. The molecule has 0 aliphatic heterocycles. The first-order chi connectivity index (χ1) is 25.6. The fraction of sp³-hybridized carbons (Fsp3) is 0.256. The molecule has 0 bridgehead atoms. The van der Waals surface area contributed by atoms with Gasteiger partial charge in [0.2, 0.25) is 5.91 Å². The van der Waals surface area contributed by atoms with E-state index in [0.717, 1.165) is 42.9 Å². The maximum Gasteiger partial charge on any atom is 0.305 e. The predicted octanol–water partition coefficient (Wildman–Crippen LogP) is 8.45. The van der Waals surface area contributed by atoms with Gasteiger partial charge in [-0.05, 0) is 80.3 Å². The molecule has 0 saturated carbocycles. The highest BCUT2D eigenvalue weighted by atomic mass is 32.2. The van der Waals surface area contributed by atoms with E-state index in [-0.39, 0.29) is 34.3 Å². The number of para-hydroxylation sites is 1. The van der Waals surface area contributed by atoms with Crippen LogP contribution in [-0.2, 0) is 25.6 Å². The lowest BCUT2D eigenvalue weighted by molar-refractivity contribution is -0.383. The number of nitrogens with zero attached hydrogens (tertiary/aromatic N) is 2. The van der Waals surface area contributed by atoms with Gasteiger partial charge in [0.1, 0.15) is 17.2 Å². The molecular formula is C39H42N4O9S. The summed E-state index contributed by atoms with van der Waals surface area (Å²) in [5.74, 6) is -1.32. The zero-order valence-electron chi connectivity index (χ0n) is 29.5. The molecular weight excluding hydrogens is 701 g/mol. The summed E-state index contributed by atoms with van der Waals surface area (Å²) in [5.41, 5.74) is 1.60. The summed E-state index contributed by atoms with van der Waals surface area (Å²) in [4.78, 5) is 49.6. The van der Waals surface area contributed by atoms with Crippen molar-refractivity contribution >= 4 is 57.9 Å². The lowest BCUT2D eigenvalue weighted by atomic mass is 10.1. The summed E-state index contributed by atoms with van der Waals surface area (Å²) in [5, 5.41) is 17.8. The van der Waals surface area contributed by atoms with Gasteiger partial charge in [0.15, 0.2) is 0 Å². The van der Waals surface area contributed by atoms with E-state index in [1.165, 1.54) is 36.4 Å². The second-order valence-electron chi connectivity index (χ2n) is 11.8. The highest BCUT2D eigenvalue weighted by molar-refractivity contribution is 7.81. The molecule has 278 valence electrons. The second-order valence-corrected chi connectivity index (χ2v) is 12.7. The van der Waals surface area contributed by atoms with E-state index >= 15 is 0 Å². The minimum Gasteiger partial charge on any atom is -0.466 e. The average Bonchev–Trinajstić information content (AvgIpc) is 3.13. The number of rotatable bonds is 19. The van der Waals surface area contributed by atoms with Gasteiger partial charge >= 0.3 is 5.97 Å². The number of amides is 2. The van der Waals surface area contributed by atoms with E-state index in [1.54, 1.807) is 43.3 Å². The molecule has 4 aromatic carbocycles. The lowest BCUT2D eigenvalue weighted by Crippen LogP contribution is -2.32. The number of unbranched alkanes of at least 4 members (excludes halogenated alkanes) is 4. The maximum atomic E-state index is 14.0. The van der Waals surface area contributed by atoms with Gasteiger partial charge in [-0.1, -0.05) is 61.7 Å². The van der Waals surface area contributed by atoms with Crippen molar-refractivity contribution in [1.82, 2.24) is 0 Å². The van der Waals surface area contributed by atoms with Crippen molar-refractivity contribution < 1.29 is 37.5 Å². The Hall–Kier alpha value is -5.86. The van der Waals surface area contributed by atoms with Crippen LogP contribution < -0.4 is 19.7 Å². The number of nitro benzene ring substituents is 1. The zero-order valence-corrected chi connectivity index (χ0v) is 30.3. The fourth-order valence-corrected chi connectivity index (χ4v) is 5.85. The molecule has 0 radical (unpaired) electrons. The number of aryl methyl sites for hydroxylation is 1. The Morgan fingerprint density at radius 1 is 0.925 bits per heavy atom. The first kappa shape index (κ1) is 39.9. The van der Waals surface area contributed by atoms with Crippen LogP contribution in [0.15, 0.2) is 97.1 Å². The van der Waals surface area contributed by atoms with Crippen LogP contribution in [-0.4, -0.2) is 44.6 Å². The van der Waals surface area contributed by atoms with E-state index in [9.17, 15) is 33.3 Å². The van der Waals surface area contributed by atoms with Crippen LogP contribution in [0.25, 0.3) is 6.08 Å². The number of carbonyl (C=O) groups excluding carboxylic acids is 3. The second kappa shape index (κ2) is 20.2. The Kier molecular flexibility index (Phi) is 15.3. The van der Waals surface area contributed by atoms with Crippen molar-refractivity contribution in [3.63, 3.8) is 0 Å². The molecule has 2 amide bonds. The van der Waals surface area contributed by atoms with Crippen LogP contribution in [0.3, 0.4) is 0 Å². The van der Waals surface area contributed by atoms with Gasteiger partial charge in [-0.2, -0.15) is 0 Å². The number of ether oxygens (including phenoxy) is 2. The molecule has 0 fully saturated rings. The Bertz CT molecular complexity index is 1950. The van der Waals surface area contributed by atoms with Gasteiger partial charge in [0.25, 0.3) is 22.9 Å². The third-order valence-corrected chi connectivity index (χ3v) is 8.67. The van der Waals surface area contributed by atoms with Gasteiger partial charge in [-0.3, -0.25) is 29.1 Å². The molecule has 14 heteroatoms. The quantitative estimate of drug-likeness (QED) is 0.0211. The highest BCUT2D eigenvalue weighted by Crippen LogP contribution is 2.34. The first-order valence-corrected chi connectivity index (χ1v) is 18.2. The summed E-state index contributed by atoms with van der Waals surface area (Å²) in [6.45, 7) is 4.48. The monoisotopic (exact) mass is 742 g/mol. The third kappa shape index (κ3) is 12.1. The summed E-state index contributed by atoms with van der Waals surface area (Å²) in [6.07, 6.45) is 7.46. The fourth-order valence-electron chi connectivity index (χ4n) is 5.32. The molecule has 0 spiro atoms. The van der Waals surface area contributed by atoms with Crippen molar-refractivity contribution in [3.05, 3.63) is 124 Å². The molecule has 0 heterocycles. The number of esters is 1. The van der Waals surface area contributed by atoms with Crippen molar-refractivity contribution in [3.8, 4) is 11.5 Å². The third-order valence-electron chi connectivity index (χ3n) is 7.98. The number of nitro groups is 1. The van der Waals surface area contributed by atoms with Gasteiger partial charge in [-0.25, -0.2) is 8.51 Å². The molecule has 3 N–H and O–H groups in total. The van der Waals surface area contributed by atoms with Crippen molar-refractivity contribution in [1.29, 1.82) is 0 Å². The van der Waals surface area contributed by atoms with Crippen LogP contribution in [0.4, 0.5) is 22.7 Å². The van der Waals surface area contributed by atoms with E-state index in [2.05, 4.69) is 10.6 Å². The molecule has 0 aliphatic rings. The van der Waals surface area contributed by atoms with E-state index < -0.39 is 33.7 Å². The number of benzene rings is 4. The van der Waals surface area contributed by atoms with Crippen LogP contribution >= 0.6 is 0 Å². The van der Waals surface area contributed by atoms with Crippen molar-refractivity contribution in [2.45, 2.75) is 52.4 Å². The minimum atomic E-state index is -2.94. The van der Waals surface area contributed by atoms with Gasteiger partial charge in [0.05, 0.1) is 22.8 Å². The SMILES string of the molecule is CCOC(=O)CCCCCCCNc1ccc(N(C(=O)c2ccc(NC(=O)C=Cc3ccccc3C)cc2Oc2ccccc2)S(=O)O)cc1[N+](=O)[O-]. The van der Waals surface area contributed by atoms with Crippen LogP contribution in [0, 0.1) is 17.0 Å². The molecule has 53 heavy (non-hydrogen) atoms. The standard InChI is InChI=1S/C39H42N4O9S/c1-3-51-38(45)18-10-5-4-6-13-25-40-34-23-21-31(27-35(34)43(47)48)42(53(49)50)39(46)33-22-20-30(26-36(33)52-32-16-8-7-9-17-32)41-37(44)24-19-29-15-12-11-14-28(29)2/h7-9,11-12,14-17,19-24,26-27,40H,3-6,10,13,18,25H2,1-2H3,(H,41,44)(H,49,50). The van der Waals surface area contributed by atoms with Gasteiger partial charge in [0, 0.05) is 36.9 Å². The lowest BCUT2D eigenvalue weighted by Gasteiger charge is -2.21. The van der Waals surface area contributed by atoms with Crippen molar-refractivity contribution in [2.75, 3.05) is 28.1 Å². The van der Waals surface area contributed by atoms with Crippen LogP contribution in [0.2, 0.25) is 0 Å².